The van der Waals surface area contributed by atoms with Crippen LogP contribution < -0.4 is 4.74 Å². The molecule has 1 aliphatic carbocycles. The number of rotatable bonds is 17. The van der Waals surface area contributed by atoms with Crippen molar-refractivity contribution in [3.05, 3.63) is 245 Å². The summed E-state index contributed by atoms with van der Waals surface area (Å²) in [5.74, 6) is 3.13. The molecule has 4 unspecified atom stereocenters. The Labute approximate surface area is 541 Å². The maximum atomic E-state index is 11.7. The first-order chi connectivity index (χ1) is 42.5. The third-order valence-corrected chi connectivity index (χ3v) is 18.4. The smallest absolute Gasteiger partial charge is 0.314 e. The lowest BCUT2D eigenvalue weighted by atomic mass is 9.82. The first kappa shape index (κ1) is 74.4. The molecule has 9 rings (SSSR count). The largest absolute Gasteiger partial charge is 0.460 e. The molecule has 0 aliphatic heterocycles. The maximum absolute atomic E-state index is 11.7. The van der Waals surface area contributed by atoms with Crippen LogP contribution in [0.5, 0.6) is 5.75 Å². The highest BCUT2D eigenvalue weighted by Gasteiger charge is 2.27. The molecule has 0 amide bonds. The summed E-state index contributed by atoms with van der Waals surface area (Å²) in [4.78, 5) is 23.4. The zero-order valence-corrected chi connectivity index (χ0v) is 58.1. The second-order valence-corrected chi connectivity index (χ2v) is 26.9. The van der Waals surface area contributed by atoms with Gasteiger partial charge in [0.15, 0.2) is 0 Å². The molecule has 0 bridgehead atoms. The Morgan fingerprint density at radius 3 is 1.46 bits per heavy atom. The highest BCUT2D eigenvalue weighted by Crippen LogP contribution is 2.34. The number of hydrogen-bond donors (Lipinski definition) is 0. The molecule has 4 atom stereocenters. The fourth-order valence-electron chi connectivity index (χ4n) is 10.1. The maximum Gasteiger partial charge on any atom is 0.314 e. The van der Waals surface area contributed by atoms with Gasteiger partial charge in [-0.05, 0) is 173 Å². The number of carbonyl (C=O) groups is 2. The molecule has 0 N–H and O–H groups in total. The first-order valence-corrected chi connectivity index (χ1v) is 33.8. The van der Waals surface area contributed by atoms with Gasteiger partial charge in [0.1, 0.15) is 12.4 Å². The molecule has 4 heteroatoms. The van der Waals surface area contributed by atoms with Crippen LogP contribution in [0.2, 0.25) is 0 Å². The van der Waals surface area contributed by atoms with Gasteiger partial charge in [-0.25, -0.2) is 0 Å². The summed E-state index contributed by atoms with van der Waals surface area (Å²) in [6.45, 7) is 37.2. The zero-order valence-electron chi connectivity index (χ0n) is 58.1. The second-order valence-electron chi connectivity index (χ2n) is 26.9. The quantitative estimate of drug-likeness (QED) is 0.0673. The van der Waals surface area contributed by atoms with Gasteiger partial charge in [0.25, 0.3) is 0 Å². The lowest BCUT2D eigenvalue weighted by molar-refractivity contribution is -0.155. The fourth-order valence-corrected chi connectivity index (χ4v) is 10.1. The van der Waals surface area contributed by atoms with Crippen molar-refractivity contribution < 1.29 is 19.1 Å². The summed E-state index contributed by atoms with van der Waals surface area (Å²) in [7, 11) is 0. The highest BCUT2D eigenvalue weighted by molar-refractivity contribution is 5.86. The molecule has 1 saturated carbocycles. The summed E-state index contributed by atoms with van der Waals surface area (Å²) in [6.07, 6.45) is 13.1. The number of fused-ring (bicyclic) bond motifs is 1. The van der Waals surface area contributed by atoms with Gasteiger partial charge in [0, 0.05) is 0 Å². The molecule has 89 heavy (non-hydrogen) atoms. The van der Waals surface area contributed by atoms with E-state index >= 15 is 0 Å². The van der Waals surface area contributed by atoms with E-state index in [4.69, 9.17) is 9.47 Å². The van der Waals surface area contributed by atoms with Gasteiger partial charge >= 0.3 is 11.9 Å². The molecule has 1 aliphatic rings. The van der Waals surface area contributed by atoms with Gasteiger partial charge in [-0.3, -0.25) is 9.59 Å². The average Bonchev–Trinajstić information content (AvgIpc) is 2.31. The van der Waals surface area contributed by atoms with Crippen LogP contribution in [-0.2, 0) is 31.8 Å². The van der Waals surface area contributed by atoms with E-state index in [0.717, 1.165) is 24.8 Å². The van der Waals surface area contributed by atoms with Crippen molar-refractivity contribution in [1.29, 1.82) is 0 Å². The van der Waals surface area contributed by atoms with Crippen LogP contribution in [0.4, 0.5) is 0 Å². The van der Waals surface area contributed by atoms with Gasteiger partial charge in [0.05, 0.1) is 11.3 Å². The van der Waals surface area contributed by atoms with Crippen LogP contribution in [0, 0.1) is 11.3 Å². The van der Waals surface area contributed by atoms with Crippen LogP contribution >= 0.6 is 0 Å². The van der Waals surface area contributed by atoms with E-state index < -0.39 is 0 Å². The predicted octanol–water partition coefficient (Wildman–Crippen LogP) is 24.9. The zero-order chi connectivity index (χ0) is 65.4. The Morgan fingerprint density at radius 2 is 0.944 bits per heavy atom. The monoisotopic (exact) mass is 1200 g/mol. The molecule has 0 spiro atoms. The Kier molecular flexibility index (Phi) is 32.2. The van der Waals surface area contributed by atoms with Crippen LogP contribution in [0.15, 0.2) is 206 Å². The minimum Gasteiger partial charge on any atom is -0.460 e. The first-order valence-electron chi connectivity index (χ1n) is 33.8. The fraction of sp³-hybridized carbons (Fsp3) is 0.435. The minimum atomic E-state index is -0.380. The van der Waals surface area contributed by atoms with Gasteiger partial charge < -0.3 is 9.47 Å². The summed E-state index contributed by atoms with van der Waals surface area (Å²) in [6, 6.07) is 72.2. The Morgan fingerprint density at radius 1 is 0.461 bits per heavy atom. The molecular formula is C85H114O4. The Bertz CT molecular complexity index is 3180. The molecule has 4 nitrogen and oxygen atoms in total. The molecule has 1 fully saturated rings. The molecular weight excluding hydrogens is 1080 g/mol. The molecule has 0 heterocycles. The van der Waals surface area contributed by atoms with E-state index in [0.29, 0.717) is 36.0 Å². The van der Waals surface area contributed by atoms with Crippen LogP contribution in [-0.4, -0.2) is 11.9 Å². The van der Waals surface area contributed by atoms with E-state index in [1.54, 1.807) is 0 Å². The van der Waals surface area contributed by atoms with Crippen LogP contribution in [0.25, 0.3) is 21.9 Å². The summed E-state index contributed by atoms with van der Waals surface area (Å²) in [5.41, 5.74) is 12.4. The standard InChI is InChI=1S/C17H24O2.C17H20.C14H16.C14H22.C13H18O2.C10H14/c1-3-13(2)17(18)19-16-11-9-15(10-12-16)14-7-5-4-6-8-14;1-4-17(2,3)16-12-10-15(11-13-16)14-8-6-5-7-9-14;1-3-11(2)13-10-6-8-12-7-4-5-9-14(12)13;1-6-11(2)12-7-9-13(10-8-12)14(3,4)5;1-4-13(2,3)12(14)15-10-11-8-6-5-7-9-11;1-3-9(2)10-7-5-4-6-8-10/h9-14H,3-8H2,1-2H3;5-13H,4H2,1-3H3;4-11H,3H2,1-2H3;7-11H,6H2,1-5H3;5-9H,4,10H2,1-3H3;4-9H,3H2,1-2H3. The molecule has 0 saturated heterocycles. The molecule has 8 aromatic rings. The number of ether oxygens (including phenoxy) is 2. The van der Waals surface area contributed by atoms with E-state index in [1.165, 1.54) is 107 Å². The highest BCUT2D eigenvalue weighted by atomic mass is 16.5. The third-order valence-electron chi connectivity index (χ3n) is 18.4. The SMILES string of the molecule is CCC(C)(C)C(=O)OCc1ccccc1.CCC(C)(C)c1ccc(-c2ccccc2)cc1.CCC(C)C(=O)Oc1ccc(C2CCCCC2)cc1.CCC(C)c1ccc(C(C)(C)C)cc1.CCC(C)c1cccc2ccccc12.CCC(C)c1ccccc1. The molecule has 8 aromatic carbocycles. The molecule has 0 radical (unpaired) electrons. The van der Waals surface area contributed by atoms with Crippen LogP contribution in [0.3, 0.4) is 0 Å². The van der Waals surface area contributed by atoms with E-state index in [1.807, 2.05) is 77.1 Å². The van der Waals surface area contributed by atoms with E-state index in [9.17, 15) is 9.59 Å². The van der Waals surface area contributed by atoms with Gasteiger partial charge in [-0.15, -0.1) is 0 Å². The van der Waals surface area contributed by atoms with Crippen molar-refractivity contribution >= 4 is 22.7 Å². The van der Waals surface area contributed by atoms with E-state index in [-0.39, 0.29) is 34.1 Å². The lowest BCUT2D eigenvalue weighted by Gasteiger charge is -2.23. The van der Waals surface area contributed by atoms with Gasteiger partial charge in [-0.2, -0.15) is 0 Å². The lowest BCUT2D eigenvalue weighted by Crippen LogP contribution is -2.25. The van der Waals surface area contributed by atoms with Crippen molar-refractivity contribution in [1.82, 2.24) is 0 Å². The third kappa shape index (κ3) is 25.4. The number of carbonyl (C=O) groups excluding carboxylic acids is 2. The van der Waals surface area contributed by atoms with Crippen molar-refractivity contribution in [3.63, 3.8) is 0 Å². The molecule has 478 valence electrons. The summed E-state index contributed by atoms with van der Waals surface area (Å²) < 4.78 is 10.6. The normalized spacial score (nSPS) is 13.6. The summed E-state index contributed by atoms with van der Waals surface area (Å²) in [5, 5.41) is 2.76. The van der Waals surface area contributed by atoms with Crippen molar-refractivity contribution in [2.45, 2.75) is 229 Å². The van der Waals surface area contributed by atoms with Gasteiger partial charge in [-0.1, -0.05) is 317 Å². The van der Waals surface area contributed by atoms with Crippen molar-refractivity contribution in [2.75, 3.05) is 0 Å². The topological polar surface area (TPSA) is 52.6 Å². The van der Waals surface area contributed by atoms with Crippen LogP contribution in [0.1, 0.15) is 251 Å². The number of hydrogen-bond acceptors (Lipinski definition) is 4. The number of esters is 2. The Balaban J connectivity index is 0.000000230. The number of benzene rings is 8. The van der Waals surface area contributed by atoms with Gasteiger partial charge in [0.2, 0.25) is 0 Å². The predicted molar refractivity (Wildman–Crippen MR) is 385 cm³/mol. The Hall–Kier alpha value is -7.04. The molecule has 0 aromatic heterocycles. The van der Waals surface area contributed by atoms with E-state index in [2.05, 4.69) is 247 Å². The average molecular weight is 1200 g/mol. The van der Waals surface area contributed by atoms with Crippen molar-refractivity contribution in [3.8, 4) is 16.9 Å². The minimum absolute atomic E-state index is 0.0296. The van der Waals surface area contributed by atoms with Crippen molar-refractivity contribution in [2.24, 2.45) is 11.3 Å². The summed E-state index contributed by atoms with van der Waals surface area (Å²) >= 11 is 0. The second kappa shape index (κ2) is 38.5.